The third-order valence-electron chi connectivity index (χ3n) is 8.11. The van der Waals surface area contributed by atoms with E-state index >= 15 is 0 Å². The first-order valence-electron chi connectivity index (χ1n) is 14.8. The minimum Gasteiger partial charge on any atom is -0.486 e. The molecule has 3 N–H and O–H groups in total. The number of benzene rings is 4. The number of rotatable bonds is 8. The van der Waals surface area contributed by atoms with Crippen molar-refractivity contribution in [3.8, 4) is 5.75 Å². The molecule has 5 rings (SSSR count). The normalized spacial score (nSPS) is 17.6. The molecule has 4 aromatic rings. The molecule has 0 spiro atoms. The number of nitrogens with one attached hydrogen (secondary N) is 2. The predicted octanol–water partition coefficient (Wildman–Crippen LogP) is 5.33. The molecule has 1 aliphatic rings. The van der Waals surface area contributed by atoms with Gasteiger partial charge in [-0.05, 0) is 55.1 Å². The number of carbonyl (C=O) groups excluding carboxylic acids is 2. The Labute approximate surface area is 263 Å². The Morgan fingerprint density at radius 3 is 2.44 bits per heavy atom. The zero-order chi connectivity index (χ0) is 32.3. The summed E-state index contributed by atoms with van der Waals surface area (Å²) in [5.74, 6) is -0.580. The number of carbonyl (C=O) groups is 2. The van der Waals surface area contributed by atoms with Crippen LogP contribution >= 0.6 is 0 Å². The number of hydrogen-bond acceptors (Lipinski definition) is 6. The van der Waals surface area contributed by atoms with Gasteiger partial charge >= 0.3 is 6.03 Å². The highest BCUT2D eigenvalue weighted by Gasteiger charge is 2.36. The van der Waals surface area contributed by atoms with E-state index in [1.165, 1.54) is 11.4 Å². The SMILES string of the molecule is Cc1cccc(S(=O)(=O)N(C)CC2Oc3c(NC(=O)Nc4cccc5ccccc45)cccc3C(=O)N(C(C)CO)CC2C)c1. The van der Waals surface area contributed by atoms with Gasteiger partial charge in [0.05, 0.1) is 41.0 Å². The number of para-hydroxylation sites is 1. The van der Waals surface area contributed by atoms with Crippen molar-refractivity contribution in [2.24, 2.45) is 5.92 Å². The first-order chi connectivity index (χ1) is 21.5. The van der Waals surface area contributed by atoms with Crippen molar-refractivity contribution in [1.29, 1.82) is 0 Å². The van der Waals surface area contributed by atoms with Crippen LogP contribution in [0.3, 0.4) is 0 Å². The van der Waals surface area contributed by atoms with E-state index < -0.39 is 28.2 Å². The lowest BCUT2D eigenvalue weighted by atomic mass is 9.99. The third-order valence-corrected chi connectivity index (χ3v) is 9.93. The molecule has 0 fully saturated rings. The number of ether oxygens (including phenoxy) is 1. The Bertz CT molecular complexity index is 1820. The van der Waals surface area contributed by atoms with Crippen molar-refractivity contribution in [3.05, 3.63) is 96.1 Å². The van der Waals surface area contributed by atoms with Crippen molar-refractivity contribution < 1.29 is 27.9 Å². The standard InChI is InChI=1S/C34H38N4O6S/c1-22-10-7-13-26(18-22)45(42,43)37(4)20-31-23(2)19-38(24(3)21-39)33(40)28-15-9-17-30(32(28)44-31)36-34(41)35-29-16-8-12-25-11-5-6-14-27(25)29/h5-18,23-24,31,39H,19-21H2,1-4H3,(H2,35,36,41). The lowest BCUT2D eigenvalue weighted by molar-refractivity contribution is 0.0389. The van der Waals surface area contributed by atoms with Crippen LogP contribution in [-0.4, -0.2) is 73.6 Å². The molecule has 0 aliphatic carbocycles. The van der Waals surface area contributed by atoms with Crippen molar-refractivity contribution in [1.82, 2.24) is 9.21 Å². The van der Waals surface area contributed by atoms with Crippen LogP contribution in [0.25, 0.3) is 10.8 Å². The molecular formula is C34H38N4O6S. The van der Waals surface area contributed by atoms with Gasteiger partial charge in [-0.2, -0.15) is 4.31 Å². The van der Waals surface area contributed by atoms with Crippen molar-refractivity contribution in [2.75, 3.05) is 37.4 Å². The molecule has 11 heteroatoms. The number of aliphatic hydroxyl groups excluding tert-OH is 1. The number of aliphatic hydroxyl groups is 1. The molecule has 3 amide bonds. The van der Waals surface area contributed by atoms with Crippen molar-refractivity contribution >= 4 is 44.1 Å². The van der Waals surface area contributed by atoms with Crippen LogP contribution in [-0.2, 0) is 10.0 Å². The van der Waals surface area contributed by atoms with Gasteiger partial charge in [0.1, 0.15) is 6.10 Å². The zero-order valence-electron chi connectivity index (χ0n) is 25.7. The predicted molar refractivity (Wildman–Crippen MR) is 175 cm³/mol. The van der Waals surface area contributed by atoms with Crippen LogP contribution in [0.4, 0.5) is 16.2 Å². The van der Waals surface area contributed by atoms with E-state index in [0.717, 1.165) is 16.3 Å². The molecular weight excluding hydrogens is 592 g/mol. The van der Waals surface area contributed by atoms with E-state index in [1.807, 2.05) is 56.3 Å². The summed E-state index contributed by atoms with van der Waals surface area (Å²) in [7, 11) is -2.36. The number of amides is 3. The second-order valence-electron chi connectivity index (χ2n) is 11.5. The fourth-order valence-electron chi connectivity index (χ4n) is 5.48. The minimum atomic E-state index is -3.86. The van der Waals surface area contributed by atoms with E-state index in [-0.39, 0.29) is 53.4 Å². The summed E-state index contributed by atoms with van der Waals surface area (Å²) >= 11 is 0. The van der Waals surface area contributed by atoms with Crippen LogP contribution in [0.2, 0.25) is 0 Å². The van der Waals surface area contributed by atoms with Crippen LogP contribution in [0.15, 0.2) is 89.8 Å². The maximum absolute atomic E-state index is 13.8. The lowest BCUT2D eigenvalue weighted by Gasteiger charge is -2.38. The molecule has 4 aromatic carbocycles. The van der Waals surface area contributed by atoms with Gasteiger partial charge in [0.2, 0.25) is 10.0 Å². The Morgan fingerprint density at radius 1 is 1.02 bits per heavy atom. The van der Waals surface area contributed by atoms with Gasteiger partial charge in [0, 0.05) is 24.9 Å². The molecule has 0 saturated carbocycles. The summed E-state index contributed by atoms with van der Waals surface area (Å²) in [6.45, 7) is 5.39. The largest absolute Gasteiger partial charge is 0.486 e. The smallest absolute Gasteiger partial charge is 0.323 e. The third kappa shape index (κ3) is 6.80. The molecule has 45 heavy (non-hydrogen) atoms. The van der Waals surface area contributed by atoms with Gasteiger partial charge in [0.25, 0.3) is 5.91 Å². The minimum absolute atomic E-state index is 0.0248. The quantitative estimate of drug-likeness (QED) is 0.241. The Balaban J connectivity index is 1.48. The Morgan fingerprint density at radius 2 is 1.69 bits per heavy atom. The number of fused-ring (bicyclic) bond motifs is 2. The maximum Gasteiger partial charge on any atom is 0.323 e. The molecule has 0 saturated heterocycles. The van der Waals surface area contributed by atoms with Crippen molar-refractivity contribution in [2.45, 2.75) is 37.8 Å². The summed E-state index contributed by atoms with van der Waals surface area (Å²) in [5.41, 5.74) is 1.87. The highest BCUT2D eigenvalue weighted by atomic mass is 32.2. The zero-order valence-corrected chi connectivity index (χ0v) is 26.5. The number of likely N-dealkylation sites (N-methyl/N-ethyl adjacent to an activating group) is 1. The molecule has 1 heterocycles. The van der Waals surface area contributed by atoms with Crippen LogP contribution in [0.1, 0.15) is 29.8 Å². The second kappa shape index (κ2) is 13.3. The summed E-state index contributed by atoms with van der Waals surface area (Å²) in [6.07, 6.45) is -0.709. The average molecular weight is 631 g/mol. The van der Waals surface area contributed by atoms with Crippen LogP contribution in [0.5, 0.6) is 5.75 Å². The highest BCUT2D eigenvalue weighted by Crippen LogP contribution is 2.35. The van der Waals surface area contributed by atoms with Crippen LogP contribution < -0.4 is 15.4 Å². The number of aryl methyl sites for hydroxylation is 1. The van der Waals surface area contributed by atoms with Gasteiger partial charge in [-0.3, -0.25) is 4.79 Å². The van der Waals surface area contributed by atoms with E-state index in [4.69, 9.17) is 4.74 Å². The van der Waals surface area contributed by atoms with E-state index in [1.54, 1.807) is 54.3 Å². The number of sulfonamides is 1. The van der Waals surface area contributed by atoms with Gasteiger partial charge in [0.15, 0.2) is 5.75 Å². The molecule has 0 aromatic heterocycles. The fraction of sp³-hybridized carbons (Fsp3) is 0.294. The second-order valence-corrected chi connectivity index (χ2v) is 13.6. The van der Waals surface area contributed by atoms with Gasteiger partial charge in [-0.15, -0.1) is 0 Å². The number of urea groups is 1. The maximum atomic E-state index is 13.8. The number of hydrogen-bond donors (Lipinski definition) is 3. The van der Waals surface area contributed by atoms with E-state index in [0.29, 0.717) is 5.69 Å². The monoisotopic (exact) mass is 630 g/mol. The van der Waals surface area contributed by atoms with E-state index in [9.17, 15) is 23.1 Å². The van der Waals surface area contributed by atoms with Gasteiger partial charge in [-0.1, -0.05) is 61.5 Å². The summed E-state index contributed by atoms with van der Waals surface area (Å²) in [6, 6.07) is 23.8. The Kier molecular flexibility index (Phi) is 9.42. The van der Waals surface area contributed by atoms with Gasteiger partial charge in [-0.25, -0.2) is 13.2 Å². The lowest BCUT2D eigenvalue weighted by Crippen LogP contribution is -2.50. The number of nitrogens with zero attached hydrogens (tertiary/aromatic N) is 2. The fourth-order valence-corrected chi connectivity index (χ4v) is 6.77. The summed E-state index contributed by atoms with van der Waals surface area (Å²) < 4.78 is 34.8. The summed E-state index contributed by atoms with van der Waals surface area (Å²) in [4.78, 5) is 28.9. The van der Waals surface area contributed by atoms with Crippen molar-refractivity contribution in [3.63, 3.8) is 0 Å². The number of anilines is 2. The summed E-state index contributed by atoms with van der Waals surface area (Å²) in [5, 5.41) is 17.5. The first-order valence-corrected chi connectivity index (χ1v) is 16.2. The van der Waals surface area contributed by atoms with Crippen LogP contribution in [0, 0.1) is 12.8 Å². The van der Waals surface area contributed by atoms with E-state index in [2.05, 4.69) is 10.6 Å². The molecule has 236 valence electrons. The highest BCUT2D eigenvalue weighted by molar-refractivity contribution is 7.89. The topological polar surface area (TPSA) is 128 Å². The van der Waals surface area contributed by atoms with Gasteiger partial charge < -0.3 is 25.4 Å². The molecule has 3 unspecified atom stereocenters. The average Bonchev–Trinajstić information content (AvgIpc) is 3.02. The molecule has 0 bridgehead atoms. The molecule has 10 nitrogen and oxygen atoms in total. The first kappa shape index (κ1) is 32.0. The molecule has 1 aliphatic heterocycles. The molecule has 3 atom stereocenters. The molecule has 0 radical (unpaired) electrons. The Hall–Kier alpha value is -4.45.